The van der Waals surface area contributed by atoms with Crippen LogP contribution >= 0.6 is 0 Å². The summed E-state index contributed by atoms with van der Waals surface area (Å²) in [6, 6.07) is -9.74. The van der Waals surface area contributed by atoms with Gasteiger partial charge in [0.15, 0.2) is 0 Å². The first-order valence-corrected chi connectivity index (χ1v) is 35.6. The summed E-state index contributed by atoms with van der Waals surface area (Å²) in [6.07, 6.45) is -41.3. The summed E-state index contributed by atoms with van der Waals surface area (Å²) < 4.78 is 924. The molecule has 0 fully saturated rings. The zero-order valence-corrected chi connectivity index (χ0v) is 62.9. The van der Waals surface area contributed by atoms with Crippen LogP contribution in [0.4, 0.5) is 281 Å². The van der Waals surface area contributed by atoms with Crippen molar-refractivity contribution in [2.24, 2.45) is 0 Å². The Morgan fingerprint density at radius 1 is 0.316 bits per heavy atom. The maximum Gasteiger partial charge on any atom is 0.460 e. The van der Waals surface area contributed by atoms with Crippen molar-refractivity contribution in [1.29, 1.82) is 0 Å². The molecule has 3 aromatic carbocycles. The number of carbonyl (C=O) groups excluding carboxylic acids is 3. The number of fused-ring (bicyclic) bond motifs is 1. The average Bonchev–Trinajstić information content (AvgIpc) is 0.691. The molecule has 133 heavy (non-hydrogen) atoms. The van der Waals surface area contributed by atoms with Crippen molar-refractivity contribution in [1.82, 2.24) is 10.2 Å². The molecule has 7 nitrogen and oxygen atoms in total. The Morgan fingerprint density at radius 2 is 0.556 bits per heavy atom. The van der Waals surface area contributed by atoms with Crippen LogP contribution in [0.3, 0.4) is 0 Å². The minimum Gasteiger partial charge on any atom is -0.466 e. The summed E-state index contributed by atoms with van der Waals surface area (Å²) in [7, 11) is -7.83. The molecule has 1 heterocycles. The maximum absolute atomic E-state index is 16.1. The Kier molecular flexibility index (Phi) is 29.5. The number of ether oxygens (including phenoxy) is 2. The van der Waals surface area contributed by atoms with Crippen LogP contribution in [0.25, 0.3) is 10.8 Å². The van der Waals surface area contributed by atoms with Crippen molar-refractivity contribution in [3.63, 3.8) is 0 Å². The molecule has 1 unspecified atom stereocenters. The SMILES string of the molecule is COC(=O)C1=C(C)N(CCOC(=O)c2ccc([Si](CCC(F)(F)C(F)(F)C(F)(F)C(F)(F)C(F)(F)C(F)(F)C(F)(F)C(F)(F)C(F)(F)C(F)(F)F)(CCC(F)(F)C(F)(F)C(F)(F)C(F)(F)C(F)(F)C(F)(F)C(F)(F)C(F)(F)C(F)(F)C(F)(F)F)CCC(F)(F)C(F)(F)C(F)(F)C(F)(F)C(F)(F)C(F)(F)C(F)(F)C(F)(F)C(F)(F)C(F)(F)F)cc2)C(=O)NC1c1ccc2ccccc2c1. The van der Waals surface area contributed by atoms with E-state index in [1.165, 1.54) is 42.5 Å². The van der Waals surface area contributed by atoms with E-state index in [0.29, 0.717) is 22.8 Å². The van der Waals surface area contributed by atoms with Gasteiger partial charge in [0.1, 0.15) is 6.61 Å². The van der Waals surface area contributed by atoms with Crippen LogP contribution in [-0.2, 0) is 14.3 Å². The molecule has 4 rings (SSSR count). The quantitative estimate of drug-likeness (QED) is 0.0348. The number of hydrogen-bond donors (Lipinski definition) is 1. The van der Waals surface area contributed by atoms with E-state index in [-0.39, 0.29) is 5.56 Å². The number of nitrogens with zero attached hydrogens (tertiary/aromatic N) is 1. The van der Waals surface area contributed by atoms with Gasteiger partial charge in [-0.15, -0.1) is 0 Å². The van der Waals surface area contributed by atoms with Crippen LogP contribution in [0.1, 0.15) is 48.1 Å². The number of hydrogen-bond acceptors (Lipinski definition) is 5. The Hall–Kier alpha value is -8.32. The highest BCUT2D eigenvalue weighted by Crippen LogP contribution is 2.72. The number of allylic oxidation sites excluding steroid dienone is 1. The molecular weight excluding hydrogens is 2080 g/mol. The molecule has 0 aliphatic carbocycles. The molecule has 0 bridgehead atoms. The predicted molar refractivity (Wildman–Crippen MR) is 309 cm³/mol. The average molecular weight is 2110 g/mol. The van der Waals surface area contributed by atoms with Gasteiger partial charge in [0.05, 0.1) is 38.9 Å². The zero-order valence-electron chi connectivity index (χ0n) is 61.9. The van der Waals surface area contributed by atoms with Crippen LogP contribution in [0.5, 0.6) is 0 Å². The highest BCUT2D eigenvalue weighted by Gasteiger charge is 3.02. The standard InChI is InChI=1S/C62H35F63N2O5Si/c1-22-28(31(129)131-2)29(26-8-7-23-5-3-4-6-25(23)21-26)126-32(130)127(22)16-17-132-30(128)24-9-11-27(12-10-24)133(18-13-33(63,64)36(69,70)39(75,76)42(81,82)45(87,88)48(93,94)51(99,100)54(105,106)57(111,112)60(117,118)119,19-14-34(65,66)37(71,72)40(77,78)43(83,84)46(89,90)49(95,96)52(101,102)55(107,108)58(113,114)61(120,121)122)20-15-35(67,68)38(73,74)41(79,80)44(85,86)47(91,92)50(97,98)53(103,104)56(109,110)59(115,116)62(123,124)125/h3-12,21,29H,13-20H2,1-2H3,(H,126,130). The Morgan fingerprint density at radius 3 is 0.805 bits per heavy atom. The third-order valence-corrected chi connectivity index (χ3v) is 25.0. The Bertz CT molecular complexity index is 4440. The van der Waals surface area contributed by atoms with Crippen LogP contribution in [0.15, 0.2) is 78.0 Å². The highest BCUT2D eigenvalue weighted by atomic mass is 28.3. The molecule has 1 aliphatic rings. The number of esters is 2. The van der Waals surface area contributed by atoms with Crippen molar-refractivity contribution in [2.75, 3.05) is 20.3 Å². The minimum atomic E-state index is -10.3. The van der Waals surface area contributed by atoms with E-state index in [2.05, 4.69) is 14.8 Å². The topological polar surface area (TPSA) is 84.9 Å². The molecule has 0 aromatic heterocycles. The molecule has 768 valence electrons. The Balaban J connectivity index is 2.23. The molecule has 1 atom stereocenters. The van der Waals surface area contributed by atoms with Gasteiger partial charge in [-0.1, -0.05) is 53.7 Å². The van der Waals surface area contributed by atoms with Crippen LogP contribution < -0.4 is 10.5 Å². The van der Waals surface area contributed by atoms with Crippen LogP contribution in [0, 0.1) is 0 Å². The maximum atomic E-state index is 16.1. The van der Waals surface area contributed by atoms with Crippen LogP contribution in [-0.4, -0.2) is 230 Å². The third kappa shape index (κ3) is 16.6. The number of rotatable bonds is 40. The van der Waals surface area contributed by atoms with Crippen molar-refractivity contribution in [3.05, 3.63) is 89.1 Å². The van der Waals surface area contributed by atoms with E-state index in [0.717, 1.165) is 6.92 Å². The normalized spacial score (nSPS) is 17.2. The summed E-state index contributed by atoms with van der Waals surface area (Å²) in [5, 5.41) is 0.126. The molecule has 0 spiro atoms. The van der Waals surface area contributed by atoms with Gasteiger partial charge >= 0.3 is 196 Å². The van der Waals surface area contributed by atoms with Crippen molar-refractivity contribution >= 4 is 42.0 Å². The van der Waals surface area contributed by atoms with E-state index < -0.39 is 307 Å². The fourth-order valence-electron chi connectivity index (χ4n) is 11.6. The highest BCUT2D eigenvalue weighted by molar-refractivity contribution is 6.92. The van der Waals surface area contributed by atoms with Gasteiger partial charge < -0.3 is 14.8 Å². The second-order valence-corrected chi connectivity index (χ2v) is 32.7. The van der Waals surface area contributed by atoms with Crippen molar-refractivity contribution in [2.45, 2.75) is 229 Å². The summed E-state index contributed by atoms with van der Waals surface area (Å²) in [5.41, 5.74) is -3.06. The number of alkyl halides is 63. The van der Waals surface area contributed by atoms with Gasteiger partial charge in [0.2, 0.25) is 0 Å². The molecule has 3 aromatic rings. The smallest absolute Gasteiger partial charge is 0.460 e. The first kappa shape index (κ1) is 117. The molecule has 1 aliphatic heterocycles. The molecular formula is C62H35F63N2O5Si. The summed E-state index contributed by atoms with van der Waals surface area (Å²) in [6.45, 7) is -2.02. The van der Waals surface area contributed by atoms with Gasteiger partial charge in [-0.2, -0.15) is 277 Å². The second-order valence-electron chi connectivity index (χ2n) is 28.0. The second kappa shape index (κ2) is 33.5. The molecule has 2 amide bonds. The minimum absolute atomic E-state index is 0.000599. The first-order chi connectivity index (χ1) is 58.0. The molecule has 71 heteroatoms. The fourth-order valence-corrected chi connectivity index (χ4v) is 16.4. The zero-order chi connectivity index (χ0) is 106. The Labute approximate surface area is 690 Å². The van der Waals surface area contributed by atoms with Gasteiger partial charge in [-0.05, 0) is 59.6 Å². The first-order valence-electron chi connectivity index (χ1n) is 33.0. The van der Waals surface area contributed by atoms with Gasteiger partial charge in [-0.3, -0.25) is 4.90 Å². The van der Waals surface area contributed by atoms with Crippen molar-refractivity contribution < 1.29 is 300 Å². The third-order valence-electron chi connectivity index (χ3n) is 19.9. The number of methoxy groups -OCH3 is 1. The fraction of sp³-hybridized carbons (Fsp3) is 0.661. The lowest BCUT2D eigenvalue weighted by Crippen LogP contribution is -2.77. The van der Waals surface area contributed by atoms with E-state index in [9.17, 15) is 186 Å². The summed E-state index contributed by atoms with van der Waals surface area (Å²) >= 11 is 0. The molecule has 0 radical (unpaired) electrons. The van der Waals surface area contributed by atoms with Crippen LogP contribution in [0.2, 0.25) is 18.1 Å². The lowest BCUT2D eigenvalue weighted by molar-refractivity contribution is -0.474. The summed E-state index contributed by atoms with van der Waals surface area (Å²) in [5.74, 6) is -270. The van der Waals surface area contributed by atoms with Gasteiger partial charge in [0, 0.05) is 25.0 Å². The lowest BCUT2D eigenvalue weighted by Gasteiger charge is -2.45. The summed E-state index contributed by atoms with van der Waals surface area (Å²) in [4.78, 5) is 40.4. The lowest BCUT2D eigenvalue weighted by atomic mass is 9.86. The molecule has 0 saturated carbocycles. The van der Waals surface area contributed by atoms with E-state index >= 15 is 105 Å². The largest absolute Gasteiger partial charge is 0.466 e. The van der Waals surface area contributed by atoms with E-state index in [4.69, 9.17) is 0 Å². The molecule has 0 saturated heterocycles. The molecule has 1 N–H and O–H groups in total. The van der Waals surface area contributed by atoms with Crippen molar-refractivity contribution in [3.8, 4) is 0 Å². The van der Waals surface area contributed by atoms with E-state index in [1.54, 1.807) is 0 Å². The number of halogens is 63. The number of carbonyl (C=O) groups is 3. The van der Waals surface area contributed by atoms with Gasteiger partial charge in [0.25, 0.3) is 0 Å². The number of amides is 2. The van der Waals surface area contributed by atoms with E-state index in [1.807, 2.05) is 0 Å². The monoisotopic (exact) mass is 2110 g/mol. The van der Waals surface area contributed by atoms with Gasteiger partial charge in [-0.25, -0.2) is 14.4 Å². The number of benzene rings is 3. The predicted octanol–water partition coefficient (Wildman–Crippen LogP) is 25.9. The number of urea groups is 1. The number of nitrogens with one attached hydrogen (secondary N) is 1.